The van der Waals surface area contributed by atoms with E-state index in [1.807, 2.05) is 24.3 Å². The van der Waals surface area contributed by atoms with Gasteiger partial charge in [0.2, 0.25) is 0 Å². The van der Waals surface area contributed by atoms with E-state index in [4.69, 9.17) is 14.2 Å². The summed E-state index contributed by atoms with van der Waals surface area (Å²) in [6, 6.07) is 12.9. The molecule has 0 aliphatic carbocycles. The smallest absolute Gasteiger partial charge is 0.265 e. The highest BCUT2D eigenvalue weighted by atomic mass is 16.5. The molecule has 5 nitrogen and oxygen atoms in total. The molecule has 0 saturated carbocycles. The van der Waals surface area contributed by atoms with E-state index in [0.717, 1.165) is 12.0 Å². The van der Waals surface area contributed by atoms with Crippen LogP contribution in [0.3, 0.4) is 0 Å². The van der Waals surface area contributed by atoms with Crippen LogP contribution in [-0.2, 0) is 11.2 Å². The van der Waals surface area contributed by atoms with Crippen LogP contribution in [0.1, 0.15) is 19.4 Å². The molecule has 5 heteroatoms. The number of hydrogen-bond donors (Lipinski definition) is 1. The highest BCUT2D eigenvalue weighted by Gasteiger charge is 2.17. The fourth-order valence-electron chi connectivity index (χ4n) is 2.24. The zero-order chi connectivity index (χ0) is 17.5. The van der Waals surface area contributed by atoms with Crippen molar-refractivity contribution in [3.8, 4) is 17.2 Å². The number of rotatable bonds is 7. The number of anilines is 1. The van der Waals surface area contributed by atoms with E-state index >= 15 is 0 Å². The number of aryl methyl sites for hydroxylation is 1. The summed E-state index contributed by atoms with van der Waals surface area (Å²) in [5.41, 5.74) is 1.70. The van der Waals surface area contributed by atoms with E-state index in [1.54, 1.807) is 39.3 Å². The van der Waals surface area contributed by atoms with Crippen molar-refractivity contribution >= 4 is 11.6 Å². The van der Waals surface area contributed by atoms with E-state index in [1.165, 1.54) is 0 Å². The van der Waals surface area contributed by atoms with Gasteiger partial charge in [-0.3, -0.25) is 4.79 Å². The Kier molecular flexibility index (Phi) is 6.07. The molecular formula is C19H23NO4. The largest absolute Gasteiger partial charge is 0.497 e. The molecule has 1 unspecified atom stereocenters. The summed E-state index contributed by atoms with van der Waals surface area (Å²) in [7, 11) is 3.12. The summed E-state index contributed by atoms with van der Waals surface area (Å²) in [6.07, 6.45) is 0.270. The summed E-state index contributed by atoms with van der Waals surface area (Å²) in [5, 5.41) is 2.82. The Balaban J connectivity index is 2.08. The van der Waals surface area contributed by atoms with Crippen molar-refractivity contribution in [1.82, 2.24) is 0 Å². The Hall–Kier alpha value is -2.69. The Labute approximate surface area is 142 Å². The normalized spacial score (nSPS) is 11.5. The number of benzene rings is 2. The standard InChI is InChI=1S/C19H23NO4/c1-5-14-7-6-8-16(11-14)24-13(2)19(21)20-17-12-15(22-3)9-10-18(17)23-4/h6-13H,5H2,1-4H3,(H,20,21). The molecule has 0 aliphatic rings. The molecule has 1 atom stereocenters. The maximum Gasteiger partial charge on any atom is 0.265 e. The molecule has 2 aromatic rings. The average Bonchev–Trinajstić information content (AvgIpc) is 2.61. The van der Waals surface area contributed by atoms with Crippen LogP contribution in [0.15, 0.2) is 42.5 Å². The number of amides is 1. The molecule has 0 saturated heterocycles. The summed E-state index contributed by atoms with van der Waals surface area (Å²) in [6.45, 7) is 3.78. The molecule has 0 fully saturated rings. The molecule has 0 bridgehead atoms. The van der Waals surface area contributed by atoms with Crippen molar-refractivity contribution in [2.45, 2.75) is 26.4 Å². The van der Waals surface area contributed by atoms with E-state index in [9.17, 15) is 4.79 Å². The minimum absolute atomic E-state index is 0.261. The average molecular weight is 329 g/mol. The summed E-state index contributed by atoms with van der Waals surface area (Å²) in [4.78, 5) is 12.4. The third kappa shape index (κ3) is 4.41. The molecule has 2 rings (SSSR count). The summed E-state index contributed by atoms with van der Waals surface area (Å²) < 4.78 is 16.2. The van der Waals surface area contributed by atoms with Gasteiger partial charge in [0.15, 0.2) is 6.10 Å². The van der Waals surface area contributed by atoms with E-state index < -0.39 is 6.10 Å². The predicted molar refractivity (Wildman–Crippen MR) is 94.1 cm³/mol. The predicted octanol–water partition coefficient (Wildman–Crippen LogP) is 3.67. The molecule has 1 N–H and O–H groups in total. The molecule has 0 aromatic heterocycles. The Morgan fingerprint density at radius 3 is 2.54 bits per heavy atom. The highest BCUT2D eigenvalue weighted by molar-refractivity contribution is 5.95. The first kappa shape index (κ1) is 17.7. The van der Waals surface area contributed by atoms with Crippen molar-refractivity contribution in [2.75, 3.05) is 19.5 Å². The molecule has 2 aromatic carbocycles. The molecule has 128 valence electrons. The van der Waals surface area contributed by atoms with E-state index in [2.05, 4.69) is 12.2 Å². The first-order chi connectivity index (χ1) is 11.6. The van der Waals surface area contributed by atoms with Gasteiger partial charge in [0.1, 0.15) is 17.2 Å². The van der Waals surface area contributed by atoms with Crippen LogP contribution in [0, 0.1) is 0 Å². The Morgan fingerprint density at radius 1 is 1.08 bits per heavy atom. The fourth-order valence-corrected chi connectivity index (χ4v) is 2.24. The fraction of sp³-hybridized carbons (Fsp3) is 0.316. The molecular weight excluding hydrogens is 306 g/mol. The van der Waals surface area contributed by atoms with Crippen LogP contribution in [-0.4, -0.2) is 26.2 Å². The second kappa shape index (κ2) is 8.24. The van der Waals surface area contributed by atoms with Gasteiger partial charge in [0.05, 0.1) is 19.9 Å². The molecule has 0 spiro atoms. The second-order valence-corrected chi connectivity index (χ2v) is 5.32. The van der Waals surface area contributed by atoms with Gasteiger partial charge in [-0.05, 0) is 43.2 Å². The van der Waals surface area contributed by atoms with E-state index in [0.29, 0.717) is 22.9 Å². The van der Waals surface area contributed by atoms with Crippen molar-refractivity contribution in [1.29, 1.82) is 0 Å². The zero-order valence-electron chi connectivity index (χ0n) is 14.5. The minimum Gasteiger partial charge on any atom is -0.497 e. The quantitative estimate of drug-likeness (QED) is 0.842. The molecule has 0 heterocycles. The zero-order valence-corrected chi connectivity index (χ0v) is 14.5. The van der Waals surface area contributed by atoms with Gasteiger partial charge in [-0.15, -0.1) is 0 Å². The maximum atomic E-state index is 12.4. The van der Waals surface area contributed by atoms with Gasteiger partial charge in [-0.2, -0.15) is 0 Å². The van der Waals surface area contributed by atoms with Gasteiger partial charge in [0, 0.05) is 6.07 Å². The van der Waals surface area contributed by atoms with Crippen LogP contribution in [0.4, 0.5) is 5.69 Å². The van der Waals surface area contributed by atoms with Crippen molar-refractivity contribution < 1.29 is 19.0 Å². The van der Waals surface area contributed by atoms with Gasteiger partial charge >= 0.3 is 0 Å². The van der Waals surface area contributed by atoms with Gasteiger partial charge in [0.25, 0.3) is 5.91 Å². The molecule has 0 aliphatic heterocycles. The van der Waals surface area contributed by atoms with Crippen molar-refractivity contribution in [3.05, 3.63) is 48.0 Å². The van der Waals surface area contributed by atoms with Crippen LogP contribution < -0.4 is 19.5 Å². The van der Waals surface area contributed by atoms with Crippen LogP contribution >= 0.6 is 0 Å². The SMILES string of the molecule is CCc1cccc(OC(C)C(=O)Nc2cc(OC)ccc2OC)c1. The van der Waals surface area contributed by atoms with Gasteiger partial charge in [-0.1, -0.05) is 19.1 Å². The topological polar surface area (TPSA) is 56.8 Å². The summed E-state index contributed by atoms with van der Waals surface area (Å²) >= 11 is 0. The lowest BCUT2D eigenvalue weighted by Gasteiger charge is -2.17. The first-order valence-corrected chi connectivity index (χ1v) is 7.85. The third-order valence-corrected chi connectivity index (χ3v) is 3.65. The monoisotopic (exact) mass is 329 g/mol. The van der Waals surface area contributed by atoms with Gasteiger partial charge in [-0.25, -0.2) is 0 Å². The molecule has 24 heavy (non-hydrogen) atoms. The van der Waals surface area contributed by atoms with Crippen LogP contribution in [0.5, 0.6) is 17.2 Å². The van der Waals surface area contributed by atoms with Crippen LogP contribution in [0.25, 0.3) is 0 Å². The lowest BCUT2D eigenvalue weighted by Crippen LogP contribution is -2.30. The number of ether oxygens (including phenoxy) is 3. The van der Waals surface area contributed by atoms with Crippen molar-refractivity contribution in [3.63, 3.8) is 0 Å². The highest BCUT2D eigenvalue weighted by Crippen LogP contribution is 2.29. The number of carbonyl (C=O) groups is 1. The van der Waals surface area contributed by atoms with E-state index in [-0.39, 0.29) is 5.91 Å². The lowest BCUT2D eigenvalue weighted by atomic mass is 10.2. The number of methoxy groups -OCH3 is 2. The minimum atomic E-state index is -0.645. The Bertz CT molecular complexity index is 700. The molecule has 0 radical (unpaired) electrons. The third-order valence-electron chi connectivity index (χ3n) is 3.65. The lowest BCUT2D eigenvalue weighted by molar-refractivity contribution is -0.122. The first-order valence-electron chi connectivity index (χ1n) is 7.85. The second-order valence-electron chi connectivity index (χ2n) is 5.32. The number of nitrogens with one attached hydrogen (secondary N) is 1. The van der Waals surface area contributed by atoms with Crippen molar-refractivity contribution in [2.24, 2.45) is 0 Å². The summed E-state index contributed by atoms with van der Waals surface area (Å²) in [5.74, 6) is 1.61. The Morgan fingerprint density at radius 2 is 1.88 bits per heavy atom. The number of hydrogen-bond acceptors (Lipinski definition) is 4. The van der Waals surface area contributed by atoms with Gasteiger partial charge < -0.3 is 19.5 Å². The molecule has 1 amide bonds. The number of carbonyl (C=O) groups excluding carboxylic acids is 1. The van der Waals surface area contributed by atoms with Crippen LogP contribution in [0.2, 0.25) is 0 Å². The maximum absolute atomic E-state index is 12.4.